The SMILES string of the molecule is CC[C@@H](C)[C@@H](OC(=O)C[C@@H](CC(=O)[O-])C(=O)[O-])[C@@H](O)C[C@@H](C)CCCCCCCC[C@H](O)CNC(C)=O. The van der Waals surface area contributed by atoms with Gasteiger partial charge in [-0.1, -0.05) is 65.7 Å². The number of rotatable bonds is 22. The lowest BCUT2D eigenvalue weighted by Gasteiger charge is -2.30. The van der Waals surface area contributed by atoms with E-state index in [0.717, 1.165) is 44.9 Å². The number of carboxylic acid groups (broad SMARTS) is 2. The monoisotopic (exact) mass is 529 g/mol. The van der Waals surface area contributed by atoms with E-state index in [9.17, 15) is 39.6 Å². The van der Waals surface area contributed by atoms with Crippen molar-refractivity contribution in [1.29, 1.82) is 0 Å². The van der Waals surface area contributed by atoms with Crippen LogP contribution in [0.5, 0.6) is 0 Å². The number of hydrogen-bond acceptors (Lipinski definition) is 9. The van der Waals surface area contributed by atoms with Crippen molar-refractivity contribution in [2.45, 2.75) is 123 Å². The minimum Gasteiger partial charge on any atom is -0.550 e. The average Bonchev–Trinajstić information content (AvgIpc) is 2.81. The van der Waals surface area contributed by atoms with Gasteiger partial charge >= 0.3 is 5.97 Å². The van der Waals surface area contributed by atoms with Crippen molar-refractivity contribution in [3.05, 3.63) is 0 Å². The highest BCUT2D eigenvalue weighted by molar-refractivity contribution is 5.81. The Kier molecular flexibility index (Phi) is 18.7. The predicted molar refractivity (Wildman–Crippen MR) is 133 cm³/mol. The number of hydrogen-bond donors (Lipinski definition) is 3. The fourth-order valence-electron chi connectivity index (χ4n) is 4.26. The molecule has 0 aliphatic carbocycles. The van der Waals surface area contributed by atoms with Gasteiger partial charge in [0.1, 0.15) is 6.10 Å². The molecule has 0 bridgehead atoms. The summed E-state index contributed by atoms with van der Waals surface area (Å²) >= 11 is 0. The zero-order valence-corrected chi connectivity index (χ0v) is 22.9. The van der Waals surface area contributed by atoms with Crippen molar-refractivity contribution in [3.63, 3.8) is 0 Å². The summed E-state index contributed by atoms with van der Waals surface area (Å²) in [4.78, 5) is 45.0. The molecule has 1 amide bonds. The Labute approximate surface area is 221 Å². The van der Waals surface area contributed by atoms with E-state index in [1.807, 2.05) is 20.8 Å². The molecule has 0 rings (SSSR count). The molecule has 0 heterocycles. The van der Waals surface area contributed by atoms with Crippen LogP contribution in [-0.4, -0.2) is 58.9 Å². The first-order chi connectivity index (χ1) is 17.4. The molecule has 0 saturated heterocycles. The molecule has 216 valence electrons. The van der Waals surface area contributed by atoms with Gasteiger partial charge in [-0.25, -0.2) is 0 Å². The highest BCUT2D eigenvalue weighted by atomic mass is 16.6. The van der Waals surface area contributed by atoms with E-state index in [4.69, 9.17) is 4.74 Å². The van der Waals surface area contributed by atoms with Crippen molar-refractivity contribution >= 4 is 23.8 Å². The maximum Gasteiger partial charge on any atom is 0.306 e. The summed E-state index contributed by atoms with van der Waals surface area (Å²) in [6.45, 7) is 7.47. The van der Waals surface area contributed by atoms with Gasteiger partial charge in [-0.3, -0.25) is 9.59 Å². The van der Waals surface area contributed by atoms with Crippen molar-refractivity contribution in [2.75, 3.05) is 6.54 Å². The van der Waals surface area contributed by atoms with E-state index in [-0.39, 0.29) is 17.7 Å². The van der Waals surface area contributed by atoms with E-state index in [2.05, 4.69) is 5.32 Å². The molecule has 3 N–H and O–H groups in total. The fraction of sp³-hybridized carbons (Fsp3) is 0.852. The summed E-state index contributed by atoms with van der Waals surface area (Å²) < 4.78 is 5.42. The van der Waals surface area contributed by atoms with Gasteiger partial charge in [0, 0.05) is 31.3 Å². The van der Waals surface area contributed by atoms with Crippen LogP contribution in [0.2, 0.25) is 0 Å². The first-order valence-corrected chi connectivity index (χ1v) is 13.6. The van der Waals surface area contributed by atoms with Crippen molar-refractivity contribution in [3.8, 4) is 0 Å². The van der Waals surface area contributed by atoms with Gasteiger partial charge in [0.15, 0.2) is 0 Å². The zero-order valence-electron chi connectivity index (χ0n) is 22.9. The van der Waals surface area contributed by atoms with Gasteiger partial charge < -0.3 is 40.1 Å². The third-order valence-corrected chi connectivity index (χ3v) is 6.73. The van der Waals surface area contributed by atoms with Gasteiger partial charge in [0.2, 0.25) is 5.91 Å². The second-order valence-electron chi connectivity index (χ2n) is 10.3. The summed E-state index contributed by atoms with van der Waals surface area (Å²) in [5, 5.41) is 45.0. The lowest BCUT2D eigenvalue weighted by atomic mass is 9.89. The van der Waals surface area contributed by atoms with Crippen LogP contribution >= 0.6 is 0 Å². The third kappa shape index (κ3) is 17.8. The lowest BCUT2D eigenvalue weighted by Crippen LogP contribution is -2.40. The molecule has 0 spiro atoms. The largest absolute Gasteiger partial charge is 0.550 e. The van der Waals surface area contributed by atoms with Crippen LogP contribution in [-0.2, 0) is 23.9 Å². The molecular formula is C27H47NO9-2. The Balaban J connectivity index is 4.36. The summed E-state index contributed by atoms with van der Waals surface area (Å²) in [6, 6.07) is 0. The third-order valence-electron chi connectivity index (χ3n) is 6.73. The van der Waals surface area contributed by atoms with Gasteiger partial charge in [-0.05, 0) is 37.5 Å². The molecule has 10 heteroatoms. The number of carbonyl (C=O) groups excluding carboxylic acids is 4. The Morgan fingerprint density at radius 2 is 1.46 bits per heavy atom. The number of carbonyl (C=O) groups is 4. The molecule has 0 aliphatic rings. The minimum absolute atomic E-state index is 0.144. The highest BCUT2D eigenvalue weighted by Gasteiger charge is 2.30. The predicted octanol–water partition coefficient (Wildman–Crippen LogP) is 0.845. The standard InChI is InChI=1S/C27H49NO9/c1-5-19(3)26(37-25(34)16-21(27(35)36)15-24(32)33)23(31)14-18(2)12-10-8-6-7-9-11-13-22(30)17-28-20(4)29/h18-19,21-23,26,30-31H,5-17H2,1-4H3,(H,28,29)(H,32,33)(H,35,36)/p-2/t18-,19+,21+,22-,23-,26+/m0/s1. The van der Waals surface area contributed by atoms with Crippen LogP contribution in [0.1, 0.15) is 105 Å². The Morgan fingerprint density at radius 1 is 0.892 bits per heavy atom. The van der Waals surface area contributed by atoms with Crippen LogP contribution in [0.4, 0.5) is 0 Å². The number of unbranched alkanes of at least 4 members (excludes halogenated alkanes) is 5. The van der Waals surface area contributed by atoms with Gasteiger partial charge in [0.05, 0.1) is 18.6 Å². The first kappa shape index (κ1) is 34.8. The molecular weight excluding hydrogens is 482 g/mol. The van der Waals surface area contributed by atoms with Crippen molar-refractivity contribution < 1.29 is 44.3 Å². The maximum atomic E-state index is 12.3. The molecule has 0 fully saturated rings. The number of ether oxygens (including phenoxy) is 1. The van der Waals surface area contributed by atoms with E-state index in [1.54, 1.807) is 0 Å². The van der Waals surface area contributed by atoms with E-state index in [0.29, 0.717) is 25.8 Å². The quantitative estimate of drug-likeness (QED) is 0.135. The molecule has 0 aromatic carbocycles. The second-order valence-corrected chi connectivity index (χ2v) is 10.3. The molecule has 0 aliphatic heterocycles. The van der Waals surface area contributed by atoms with E-state index >= 15 is 0 Å². The van der Waals surface area contributed by atoms with Crippen LogP contribution in [0.15, 0.2) is 0 Å². The van der Waals surface area contributed by atoms with E-state index in [1.165, 1.54) is 6.92 Å². The molecule has 0 aromatic rings. The minimum atomic E-state index is -1.66. The molecule has 10 nitrogen and oxygen atoms in total. The number of aliphatic carboxylic acids is 2. The Bertz CT molecular complexity index is 685. The molecule has 6 atom stereocenters. The van der Waals surface area contributed by atoms with Crippen LogP contribution in [0.25, 0.3) is 0 Å². The number of amides is 1. The summed E-state index contributed by atoms with van der Waals surface area (Å²) in [5.74, 6) is -5.78. The first-order valence-electron chi connectivity index (χ1n) is 13.6. The Hall–Kier alpha value is -2.20. The number of esters is 1. The molecule has 0 unspecified atom stereocenters. The van der Waals surface area contributed by atoms with Gasteiger partial charge in [0.25, 0.3) is 0 Å². The second kappa shape index (κ2) is 19.9. The summed E-state index contributed by atoms with van der Waals surface area (Å²) in [5.41, 5.74) is 0. The average molecular weight is 530 g/mol. The molecule has 37 heavy (non-hydrogen) atoms. The number of nitrogens with one attached hydrogen (secondary N) is 1. The summed E-state index contributed by atoms with van der Waals surface area (Å²) in [7, 11) is 0. The van der Waals surface area contributed by atoms with Crippen LogP contribution in [0.3, 0.4) is 0 Å². The summed E-state index contributed by atoms with van der Waals surface area (Å²) in [6.07, 6.45) is 5.05. The van der Waals surface area contributed by atoms with Crippen molar-refractivity contribution in [2.24, 2.45) is 17.8 Å². The van der Waals surface area contributed by atoms with E-state index < -0.39 is 55.0 Å². The number of aliphatic hydroxyl groups is 2. The number of aliphatic hydroxyl groups excluding tert-OH is 2. The van der Waals surface area contributed by atoms with Crippen LogP contribution < -0.4 is 15.5 Å². The van der Waals surface area contributed by atoms with Crippen molar-refractivity contribution in [1.82, 2.24) is 5.32 Å². The fourth-order valence-corrected chi connectivity index (χ4v) is 4.26. The lowest BCUT2D eigenvalue weighted by molar-refractivity contribution is -0.320. The zero-order chi connectivity index (χ0) is 28.4. The van der Waals surface area contributed by atoms with Gasteiger partial charge in [-0.15, -0.1) is 0 Å². The Morgan fingerprint density at radius 3 is 1.97 bits per heavy atom. The topological polar surface area (TPSA) is 176 Å². The highest BCUT2D eigenvalue weighted by Crippen LogP contribution is 2.24. The normalized spacial score (nSPS) is 16.2. The molecule has 0 radical (unpaired) electrons. The van der Waals surface area contributed by atoms with Crippen LogP contribution in [0, 0.1) is 17.8 Å². The molecule has 0 aromatic heterocycles. The smallest absolute Gasteiger partial charge is 0.306 e. The maximum absolute atomic E-state index is 12.3. The molecule has 0 saturated carbocycles. The van der Waals surface area contributed by atoms with Gasteiger partial charge in [-0.2, -0.15) is 0 Å². The number of carboxylic acids is 2.